The van der Waals surface area contributed by atoms with Crippen LogP contribution in [-0.4, -0.2) is 15.3 Å². The van der Waals surface area contributed by atoms with Crippen LogP contribution in [0.25, 0.3) is 0 Å². The number of nitrogens with zero attached hydrogens (tertiary/aromatic N) is 2. The van der Waals surface area contributed by atoms with Crippen LogP contribution < -0.4 is 5.56 Å². The second-order valence-electron chi connectivity index (χ2n) is 5.12. The minimum Gasteiger partial charge on any atom is -0.290 e. The lowest BCUT2D eigenvalue weighted by atomic mass is 10.1. The molecule has 0 bridgehead atoms. The van der Waals surface area contributed by atoms with E-state index in [0.29, 0.717) is 21.4 Å². The molecule has 0 amide bonds. The Morgan fingerprint density at radius 2 is 2.17 bits per heavy atom. The zero-order valence-electron chi connectivity index (χ0n) is 12.2. The maximum Gasteiger partial charge on any atom is 0.416 e. The van der Waals surface area contributed by atoms with E-state index in [1.165, 1.54) is 34.2 Å². The molecule has 0 saturated carbocycles. The summed E-state index contributed by atoms with van der Waals surface area (Å²) >= 11 is 2.78. The zero-order chi connectivity index (χ0) is 16.6. The molecule has 0 unspecified atom stereocenters. The van der Waals surface area contributed by atoms with E-state index >= 15 is 0 Å². The van der Waals surface area contributed by atoms with Crippen LogP contribution in [0.3, 0.4) is 0 Å². The highest BCUT2D eigenvalue weighted by atomic mass is 32.2. The Balaban J connectivity index is 1.82. The summed E-state index contributed by atoms with van der Waals surface area (Å²) in [4.78, 5) is 17.4. The minimum absolute atomic E-state index is 0.0796. The number of fused-ring (bicyclic) bond motifs is 1. The van der Waals surface area contributed by atoms with E-state index in [9.17, 15) is 18.0 Å². The smallest absolute Gasteiger partial charge is 0.290 e. The van der Waals surface area contributed by atoms with E-state index < -0.39 is 11.7 Å². The summed E-state index contributed by atoms with van der Waals surface area (Å²) in [6, 6.07) is 5.22. The molecule has 0 aliphatic carbocycles. The molecule has 3 nitrogen and oxygen atoms in total. The third-order valence-electron chi connectivity index (χ3n) is 3.49. The predicted molar refractivity (Wildman–Crippen MR) is 84.9 cm³/mol. The van der Waals surface area contributed by atoms with Crippen LogP contribution in [-0.2, 0) is 25.4 Å². The van der Waals surface area contributed by atoms with E-state index in [2.05, 4.69) is 4.98 Å². The Morgan fingerprint density at radius 3 is 2.91 bits per heavy atom. The van der Waals surface area contributed by atoms with Crippen LogP contribution in [0.4, 0.5) is 13.2 Å². The fourth-order valence-electron chi connectivity index (χ4n) is 2.28. The molecule has 0 spiro atoms. The first-order valence-electron chi connectivity index (χ1n) is 6.88. The van der Waals surface area contributed by atoms with Gasteiger partial charge in [-0.3, -0.25) is 9.36 Å². The Hall–Kier alpha value is -1.41. The van der Waals surface area contributed by atoms with Crippen LogP contribution in [0.2, 0.25) is 0 Å². The quantitative estimate of drug-likeness (QED) is 0.618. The lowest BCUT2D eigenvalue weighted by Crippen LogP contribution is -2.22. The molecule has 0 atom stereocenters. The largest absolute Gasteiger partial charge is 0.416 e. The lowest BCUT2D eigenvalue weighted by molar-refractivity contribution is -0.137. The number of aromatic nitrogens is 2. The summed E-state index contributed by atoms with van der Waals surface area (Å²) in [5.74, 6) is 1.18. The van der Waals surface area contributed by atoms with Gasteiger partial charge in [0.25, 0.3) is 5.56 Å². The number of halogens is 3. The monoisotopic (exact) mass is 358 g/mol. The number of hydrogen-bond acceptors (Lipinski definition) is 4. The summed E-state index contributed by atoms with van der Waals surface area (Å²) in [5.41, 5.74) is 0.602. The van der Waals surface area contributed by atoms with Crippen LogP contribution in [0.5, 0.6) is 0 Å². The SMILES string of the molecule is Cn1c(SCc2cccc(C(F)(F)F)c2)nc2c(c1=O)SCC2. The van der Waals surface area contributed by atoms with Crippen molar-refractivity contribution in [3.05, 3.63) is 51.4 Å². The number of hydrogen-bond donors (Lipinski definition) is 0. The van der Waals surface area contributed by atoms with E-state index in [4.69, 9.17) is 0 Å². The third-order valence-corrected chi connectivity index (χ3v) is 5.69. The van der Waals surface area contributed by atoms with Crippen molar-refractivity contribution in [1.82, 2.24) is 9.55 Å². The molecular formula is C15H13F3N2OS2. The van der Waals surface area contributed by atoms with Crippen molar-refractivity contribution in [3.63, 3.8) is 0 Å². The highest BCUT2D eigenvalue weighted by Crippen LogP contribution is 2.32. The second kappa shape index (κ2) is 6.24. The maximum absolute atomic E-state index is 12.7. The molecule has 1 aromatic heterocycles. The van der Waals surface area contributed by atoms with E-state index in [-0.39, 0.29) is 5.56 Å². The maximum atomic E-state index is 12.7. The molecule has 2 aromatic rings. The molecule has 1 aromatic carbocycles. The van der Waals surface area contributed by atoms with Gasteiger partial charge in [0.15, 0.2) is 5.16 Å². The molecular weight excluding hydrogens is 345 g/mol. The number of alkyl halides is 3. The van der Waals surface area contributed by atoms with Crippen molar-refractivity contribution in [1.29, 1.82) is 0 Å². The van der Waals surface area contributed by atoms with Crippen LogP contribution >= 0.6 is 23.5 Å². The molecule has 3 rings (SSSR count). The molecule has 1 aliphatic rings. The van der Waals surface area contributed by atoms with E-state index in [1.54, 1.807) is 13.1 Å². The van der Waals surface area contributed by atoms with Gasteiger partial charge < -0.3 is 0 Å². The molecule has 2 heterocycles. The Morgan fingerprint density at radius 1 is 1.39 bits per heavy atom. The van der Waals surface area contributed by atoms with Gasteiger partial charge in [0.05, 0.1) is 16.2 Å². The van der Waals surface area contributed by atoms with Gasteiger partial charge in [-0.1, -0.05) is 30.0 Å². The standard InChI is InChI=1S/C15H13F3N2OS2/c1-20-13(21)12-11(5-6-22-12)19-14(20)23-8-9-3-2-4-10(7-9)15(16,17)18/h2-4,7H,5-6,8H2,1H3. The highest BCUT2D eigenvalue weighted by Gasteiger charge is 2.30. The van der Waals surface area contributed by atoms with Crippen LogP contribution in [0.15, 0.2) is 39.1 Å². The Labute approximate surface area is 139 Å². The van der Waals surface area contributed by atoms with Crippen molar-refractivity contribution < 1.29 is 13.2 Å². The summed E-state index contributed by atoms with van der Waals surface area (Å²) < 4.78 is 39.7. The first kappa shape index (κ1) is 16.4. The second-order valence-corrected chi connectivity index (χ2v) is 7.17. The molecule has 0 N–H and O–H groups in total. The summed E-state index contributed by atoms with van der Waals surface area (Å²) in [6.45, 7) is 0. The topological polar surface area (TPSA) is 34.9 Å². The highest BCUT2D eigenvalue weighted by molar-refractivity contribution is 7.99. The van der Waals surface area contributed by atoms with Gasteiger partial charge in [0.1, 0.15) is 0 Å². The van der Waals surface area contributed by atoms with Gasteiger partial charge >= 0.3 is 6.18 Å². The van der Waals surface area contributed by atoms with Crippen molar-refractivity contribution in [2.24, 2.45) is 7.05 Å². The van der Waals surface area contributed by atoms with Crippen molar-refractivity contribution in [2.75, 3.05) is 5.75 Å². The minimum atomic E-state index is -4.35. The summed E-state index contributed by atoms with van der Waals surface area (Å²) in [7, 11) is 1.64. The van der Waals surface area contributed by atoms with Crippen LogP contribution in [0, 0.1) is 0 Å². The predicted octanol–water partition coefficient (Wildman–Crippen LogP) is 3.74. The first-order chi connectivity index (χ1) is 10.9. The number of rotatable bonds is 3. The lowest BCUT2D eigenvalue weighted by Gasteiger charge is -2.11. The molecule has 0 fully saturated rings. The van der Waals surface area contributed by atoms with Gasteiger partial charge in [-0.2, -0.15) is 13.2 Å². The summed E-state index contributed by atoms with van der Waals surface area (Å²) in [5, 5.41) is 0.536. The molecule has 0 saturated heterocycles. The average molecular weight is 358 g/mol. The van der Waals surface area contributed by atoms with Gasteiger partial charge in [0, 0.05) is 25.0 Å². The van der Waals surface area contributed by atoms with Gasteiger partial charge in [-0.05, 0) is 11.6 Å². The first-order valence-corrected chi connectivity index (χ1v) is 8.85. The van der Waals surface area contributed by atoms with Crippen molar-refractivity contribution >= 4 is 23.5 Å². The van der Waals surface area contributed by atoms with Crippen molar-refractivity contribution in [2.45, 2.75) is 28.4 Å². The summed E-state index contributed by atoms with van der Waals surface area (Å²) in [6.07, 6.45) is -3.59. The zero-order valence-corrected chi connectivity index (χ0v) is 13.8. The van der Waals surface area contributed by atoms with E-state index in [1.807, 2.05) is 0 Å². The third kappa shape index (κ3) is 3.42. The van der Waals surface area contributed by atoms with Gasteiger partial charge in [-0.25, -0.2) is 4.98 Å². The number of aryl methyl sites for hydroxylation is 1. The molecule has 23 heavy (non-hydrogen) atoms. The fourth-order valence-corrected chi connectivity index (χ4v) is 4.28. The average Bonchev–Trinajstić information content (AvgIpc) is 2.97. The van der Waals surface area contributed by atoms with Gasteiger partial charge in [-0.15, -0.1) is 11.8 Å². The molecule has 1 aliphatic heterocycles. The van der Waals surface area contributed by atoms with E-state index in [0.717, 1.165) is 30.0 Å². The molecule has 122 valence electrons. The normalized spacial score (nSPS) is 14.1. The molecule has 0 radical (unpaired) electrons. The Kier molecular flexibility index (Phi) is 4.46. The van der Waals surface area contributed by atoms with Crippen LogP contribution in [0.1, 0.15) is 16.8 Å². The van der Waals surface area contributed by atoms with Crippen molar-refractivity contribution in [3.8, 4) is 0 Å². The Bertz CT molecular complexity index is 802. The molecule has 8 heteroatoms. The van der Waals surface area contributed by atoms with Gasteiger partial charge in [0.2, 0.25) is 0 Å². The number of benzene rings is 1. The number of thioether (sulfide) groups is 2. The fraction of sp³-hybridized carbons (Fsp3) is 0.333.